The highest BCUT2D eigenvalue weighted by Gasteiger charge is 2.43. The number of likely N-dealkylation sites (N-methyl/N-ethyl adjacent to an activating group) is 1. The van der Waals surface area contributed by atoms with Crippen molar-refractivity contribution in [1.29, 1.82) is 5.26 Å². The summed E-state index contributed by atoms with van der Waals surface area (Å²) in [7, 11) is 6.08. The first-order valence-electron chi connectivity index (χ1n) is 12.0. The number of rotatable bonds is 8. The number of likely N-dealkylation sites (tertiary alicyclic amines) is 1. The highest BCUT2D eigenvalue weighted by molar-refractivity contribution is 7.16. The fourth-order valence-corrected chi connectivity index (χ4v) is 6.28. The molecule has 0 saturated carbocycles. The summed E-state index contributed by atoms with van der Waals surface area (Å²) in [5.41, 5.74) is 7.78. The zero-order valence-electron chi connectivity index (χ0n) is 20.4. The largest absolute Gasteiger partial charge is 0.389 e. The molecule has 0 aromatic carbocycles. The predicted octanol–water partition coefficient (Wildman–Crippen LogP) is 2.53. The highest BCUT2D eigenvalue weighted by atomic mass is 32.1. The van der Waals surface area contributed by atoms with Gasteiger partial charge >= 0.3 is 6.03 Å². The maximum absolute atomic E-state index is 13.5. The molecule has 1 saturated heterocycles. The van der Waals surface area contributed by atoms with E-state index < -0.39 is 0 Å². The summed E-state index contributed by atoms with van der Waals surface area (Å²) in [6.07, 6.45) is 4.96. The highest BCUT2D eigenvalue weighted by Crippen LogP contribution is 2.43. The summed E-state index contributed by atoms with van der Waals surface area (Å²) in [6, 6.07) is 2.34. The molecule has 1 aromatic heterocycles. The van der Waals surface area contributed by atoms with Gasteiger partial charge in [-0.3, -0.25) is 9.69 Å². The van der Waals surface area contributed by atoms with Crippen LogP contribution < -0.4 is 11.1 Å². The molecule has 0 bridgehead atoms. The Labute approximate surface area is 201 Å². The summed E-state index contributed by atoms with van der Waals surface area (Å²) in [4.78, 5) is 33.5. The number of unbranched alkanes of at least 4 members (excludes halogenated alkanes) is 1. The van der Waals surface area contributed by atoms with Gasteiger partial charge in [0.15, 0.2) is 0 Å². The van der Waals surface area contributed by atoms with E-state index in [1.54, 1.807) is 0 Å². The van der Waals surface area contributed by atoms with E-state index in [2.05, 4.69) is 35.2 Å². The molecule has 1 fully saturated rings. The topological polar surface area (TPSA) is 106 Å². The van der Waals surface area contributed by atoms with Gasteiger partial charge in [0.25, 0.3) is 0 Å². The molecule has 182 valence electrons. The minimum absolute atomic E-state index is 0.0741. The van der Waals surface area contributed by atoms with Crippen LogP contribution >= 0.6 is 11.3 Å². The fourth-order valence-electron chi connectivity index (χ4n) is 5.18. The molecular weight excluding hydrogens is 436 g/mol. The van der Waals surface area contributed by atoms with Gasteiger partial charge in [-0.05, 0) is 71.3 Å². The fraction of sp³-hybridized carbons (Fsp3) is 0.708. The Kier molecular flexibility index (Phi) is 8.74. The SMILES string of the molecule is CCCCN(C(=O)NCCCN(C)C)C(=O)[C@@H]1C[C@@H]2Cc3c(sc(N)c3C#N)C[C@H]2N(C)C1. The van der Waals surface area contributed by atoms with Crippen molar-refractivity contribution in [3.63, 3.8) is 0 Å². The van der Waals surface area contributed by atoms with E-state index in [4.69, 9.17) is 5.73 Å². The van der Waals surface area contributed by atoms with E-state index in [0.29, 0.717) is 36.2 Å². The van der Waals surface area contributed by atoms with E-state index in [-0.39, 0.29) is 23.8 Å². The average Bonchev–Trinajstić information content (AvgIpc) is 3.09. The Morgan fingerprint density at radius 3 is 2.70 bits per heavy atom. The molecule has 2 heterocycles. The lowest BCUT2D eigenvalue weighted by molar-refractivity contribution is -0.136. The van der Waals surface area contributed by atoms with Crippen LogP contribution in [0.1, 0.15) is 48.6 Å². The predicted molar refractivity (Wildman–Crippen MR) is 132 cm³/mol. The lowest BCUT2D eigenvalue weighted by Crippen LogP contribution is -2.55. The lowest BCUT2D eigenvalue weighted by atomic mass is 9.74. The minimum atomic E-state index is -0.278. The molecule has 1 aliphatic heterocycles. The molecule has 1 aliphatic carbocycles. The molecule has 0 radical (unpaired) electrons. The zero-order chi connectivity index (χ0) is 24.1. The molecule has 3 amide bonds. The smallest absolute Gasteiger partial charge is 0.324 e. The first-order valence-corrected chi connectivity index (χ1v) is 12.8. The molecule has 33 heavy (non-hydrogen) atoms. The zero-order valence-corrected chi connectivity index (χ0v) is 21.2. The molecule has 2 aliphatic rings. The number of hydrogen-bond acceptors (Lipinski definition) is 7. The Morgan fingerprint density at radius 2 is 2.03 bits per heavy atom. The molecule has 9 heteroatoms. The summed E-state index contributed by atoms with van der Waals surface area (Å²) in [6.45, 7) is 4.61. The number of fused-ring (bicyclic) bond motifs is 2. The van der Waals surface area contributed by atoms with Crippen LogP contribution in [0.3, 0.4) is 0 Å². The van der Waals surface area contributed by atoms with Crippen molar-refractivity contribution in [2.75, 3.05) is 53.1 Å². The van der Waals surface area contributed by atoms with Gasteiger partial charge in [-0.1, -0.05) is 13.3 Å². The monoisotopic (exact) mass is 474 g/mol. The van der Waals surface area contributed by atoms with Gasteiger partial charge < -0.3 is 20.9 Å². The Bertz CT molecular complexity index is 892. The van der Waals surface area contributed by atoms with Crippen molar-refractivity contribution in [1.82, 2.24) is 20.0 Å². The van der Waals surface area contributed by atoms with E-state index in [1.807, 2.05) is 14.1 Å². The van der Waals surface area contributed by atoms with E-state index in [1.165, 1.54) is 21.1 Å². The van der Waals surface area contributed by atoms with Crippen LogP contribution in [-0.4, -0.2) is 80.0 Å². The quantitative estimate of drug-likeness (QED) is 0.561. The lowest BCUT2D eigenvalue weighted by Gasteiger charge is -2.45. The summed E-state index contributed by atoms with van der Waals surface area (Å²) in [5, 5.41) is 13.1. The van der Waals surface area contributed by atoms with Crippen molar-refractivity contribution in [2.45, 2.75) is 51.5 Å². The second-order valence-electron chi connectivity index (χ2n) is 9.69. The number of anilines is 1. The third-order valence-electron chi connectivity index (χ3n) is 6.95. The molecule has 3 atom stereocenters. The van der Waals surface area contributed by atoms with Gasteiger partial charge in [-0.15, -0.1) is 11.3 Å². The van der Waals surface area contributed by atoms with Gasteiger partial charge in [0.1, 0.15) is 11.1 Å². The van der Waals surface area contributed by atoms with E-state index in [9.17, 15) is 14.9 Å². The van der Waals surface area contributed by atoms with E-state index in [0.717, 1.165) is 50.6 Å². The van der Waals surface area contributed by atoms with Crippen molar-refractivity contribution in [3.8, 4) is 6.07 Å². The number of amides is 3. The van der Waals surface area contributed by atoms with Gasteiger partial charge in [-0.25, -0.2) is 4.79 Å². The number of hydrogen-bond donors (Lipinski definition) is 2. The number of piperidine rings is 1. The Balaban J connectivity index is 1.70. The Morgan fingerprint density at radius 1 is 1.27 bits per heavy atom. The molecular formula is C24H38N6O2S. The van der Waals surface area contributed by atoms with Gasteiger partial charge in [0, 0.05) is 30.6 Å². The number of nitrogens with two attached hydrogens (primary N) is 1. The minimum Gasteiger partial charge on any atom is -0.389 e. The number of carbonyl (C=O) groups excluding carboxylic acids is 2. The number of imide groups is 1. The first kappa shape index (κ1) is 25.5. The van der Waals surface area contributed by atoms with Gasteiger partial charge in [0.05, 0.1) is 11.5 Å². The molecule has 1 aromatic rings. The van der Waals surface area contributed by atoms with E-state index >= 15 is 0 Å². The summed E-state index contributed by atoms with van der Waals surface area (Å²) < 4.78 is 0. The first-order chi connectivity index (χ1) is 15.8. The molecule has 3 N–H and O–H groups in total. The second kappa shape index (κ2) is 11.3. The van der Waals surface area contributed by atoms with Crippen LogP contribution in [0.4, 0.5) is 9.80 Å². The van der Waals surface area contributed by atoms with Crippen molar-refractivity contribution >= 4 is 28.3 Å². The van der Waals surface area contributed by atoms with Crippen molar-refractivity contribution in [3.05, 3.63) is 16.0 Å². The summed E-state index contributed by atoms with van der Waals surface area (Å²) in [5.74, 6) is -0.0128. The number of carbonyl (C=O) groups is 2. The van der Waals surface area contributed by atoms with Crippen LogP contribution in [0.25, 0.3) is 0 Å². The third-order valence-corrected chi connectivity index (χ3v) is 8.03. The second-order valence-corrected chi connectivity index (χ2v) is 10.8. The van der Waals surface area contributed by atoms with Gasteiger partial charge in [-0.2, -0.15) is 5.26 Å². The van der Waals surface area contributed by atoms with Crippen LogP contribution in [0, 0.1) is 23.2 Å². The Hall–Kier alpha value is -2.15. The average molecular weight is 475 g/mol. The van der Waals surface area contributed by atoms with Crippen molar-refractivity contribution < 1.29 is 9.59 Å². The number of urea groups is 1. The molecule has 8 nitrogen and oxygen atoms in total. The summed E-state index contributed by atoms with van der Waals surface area (Å²) >= 11 is 1.53. The number of nitrogens with one attached hydrogen (secondary N) is 1. The normalized spacial score (nSPS) is 22.4. The maximum atomic E-state index is 13.5. The third kappa shape index (κ3) is 5.86. The maximum Gasteiger partial charge on any atom is 0.324 e. The van der Waals surface area contributed by atoms with Crippen LogP contribution in [-0.2, 0) is 17.6 Å². The molecule has 0 spiro atoms. The van der Waals surface area contributed by atoms with Gasteiger partial charge in [0.2, 0.25) is 5.91 Å². The molecule has 3 rings (SSSR count). The van der Waals surface area contributed by atoms with Crippen LogP contribution in [0.5, 0.6) is 0 Å². The number of nitriles is 1. The number of nitrogen functional groups attached to an aromatic ring is 1. The molecule has 0 unspecified atom stereocenters. The van der Waals surface area contributed by atoms with Crippen LogP contribution in [0.15, 0.2) is 0 Å². The number of nitrogens with zero attached hydrogens (tertiary/aromatic N) is 4. The number of thiophene rings is 1. The van der Waals surface area contributed by atoms with Crippen molar-refractivity contribution in [2.24, 2.45) is 11.8 Å². The van der Waals surface area contributed by atoms with Crippen LogP contribution in [0.2, 0.25) is 0 Å². The standard InChI is InChI=1S/C24H38N6O2S/c1-5-6-10-30(24(32)27-8-7-9-28(2)3)23(31)17-11-16-12-18-19(14-25)22(26)33-21(18)13-20(16)29(4)15-17/h16-17,20H,5-13,15,26H2,1-4H3,(H,27,32)/t16-,17-,20-/m1/s1.